The van der Waals surface area contributed by atoms with Crippen molar-refractivity contribution in [3.63, 3.8) is 0 Å². The molecule has 0 spiro atoms. The van der Waals surface area contributed by atoms with E-state index in [1.165, 1.54) is 18.4 Å². The minimum absolute atomic E-state index is 0.233. The van der Waals surface area contributed by atoms with Crippen molar-refractivity contribution in [1.82, 2.24) is 9.38 Å². The second-order valence-electron chi connectivity index (χ2n) is 4.35. The minimum Gasteiger partial charge on any atom is -0.469 e. The number of hydrogen-bond donors (Lipinski definition) is 1. The summed E-state index contributed by atoms with van der Waals surface area (Å²) in [4.78, 5) is 16.8. The number of nitrogens with two attached hydrogens (primary N) is 1. The molecule has 5 nitrogen and oxygen atoms in total. The predicted octanol–water partition coefficient (Wildman–Crippen LogP) is 2.36. The molecule has 0 aliphatic heterocycles. The van der Waals surface area contributed by atoms with Gasteiger partial charge >= 0.3 is 5.97 Å². The Bertz CT molecular complexity index is 776. The van der Waals surface area contributed by atoms with E-state index in [2.05, 4.69) is 4.98 Å². The summed E-state index contributed by atoms with van der Waals surface area (Å²) >= 11 is 1.49. The van der Waals surface area contributed by atoms with Crippen LogP contribution in [0.3, 0.4) is 0 Å². The number of methoxy groups -OCH3 is 1. The molecule has 6 heteroatoms. The van der Waals surface area contributed by atoms with E-state index in [9.17, 15) is 4.79 Å². The number of thiazole rings is 1. The standard InChI is InChI=1S/C14H13N3O2S/c1-19-13(18)6-9-8-20-14-16-12(7-17(9)14)10-4-2-3-5-11(10)15/h2-5,7-8H,6,15H2,1H3. The smallest absolute Gasteiger partial charge is 0.311 e. The van der Waals surface area contributed by atoms with Gasteiger partial charge in [0.05, 0.1) is 19.2 Å². The minimum atomic E-state index is -0.265. The van der Waals surface area contributed by atoms with Gasteiger partial charge in [-0.1, -0.05) is 18.2 Å². The van der Waals surface area contributed by atoms with Crippen LogP contribution in [-0.4, -0.2) is 22.5 Å². The second kappa shape index (κ2) is 4.97. The molecule has 0 aliphatic rings. The van der Waals surface area contributed by atoms with Gasteiger partial charge in [0.25, 0.3) is 0 Å². The maximum Gasteiger partial charge on any atom is 0.311 e. The Hall–Kier alpha value is -2.34. The van der Waals surface area contributed by atoms with Gasteiger partial charge < -0.3 is 10.5 Å². The Morgan fingerprint density at radius 2 is 2.25 bits per heavy atom. The molecule has 1 aromatic carbocycles. The van der Waals surface area contributed by atoms with Crippen LogP contribution < -0.4 is 5.73 Å². The van der Waals surface area contributed by atoms with E-state index >= 15 is 0 Å². The van der Waals surface area contributed by atoms with Gasteiger partial charge in [-0.3, -0.25) is 9.20 Å². The fraction of sp³-hybridized carbons (Fsp3) is 0.143. The molecule has 0 bridgehead atoms. The third kappa shape index (κ3) is 2.14. The zero-order chi connectivity index (χ0) is 14.1. The Labute approximate surface area is 119 Å². The average Bonchev–Trinajstić information content (AvgIpc) is 3.01. The molecule has 3 aromatic rings. The highest BCUT2D eigenvalue weighted by molar-refractivity contribution is 7.15. The molecule has 2 heterocycles. The van der Waals surface area contributed by atoms with E-state index in [0.29, 0.717) is 5.69 Å². The van der Waals surface area contributed by atoms with Crippen LogP contribution in [0.1, 0.15) is 5.69 Å². The van der Waals surface area contributed by atoms with E-state index in [0.717, 1.165) is 21.9 Å². The summed E-state index contributed by atoms with van der Waals surface area (Å²) in [5, 5.41) is 1.91. The van der Waals surface area contributed by atoms with Crippen LogP contribution in [0.15, 0.2) is 35.8 Å². The van der Waals surface area contributed by atoms with Crippen molar-refractivity contribution in [3.05, 3.63) is 41.5 Å². The highest BCUT2D eigenvalue weighted by atomic mass is 32.1. The van der Waals surface area contributed by atoms with Gasteiger partial charge in [0.1, 0.15) is 0 Å². The fourth-order valence-electron chi connectivity index (χ4n) is 2.04. The lowest BCUT2D eigenvalue weighted by Gasteiger charge is -2.00. The molecule has 0 saturated heterocycles. The number of esters is 1. The van der Waals surface area contributed by atoms with Gasteiger partial charge in [-0.25, -0.2) is 4.98 Å². The van der Waals surface area contributed by atoms with Gasteiger partial charge in [-0.2, -0.15) is 0 Å². The normalized spacial score (nSPS) is 10.8. The van der Waals surface area contributed by atoms with E-state index < -0.39 is 0 Å². The lowest BCUT2D eigenvalue weighted by Crippen LogP contribution is -2.05. The molecule has 2 aromatic heterocycles. The number of anilines is 1. The van der Waals surface area contributed by atoms with Crippen LogP contribution >= 0.6 is 11.3 Å². The van der Waals surface area contributed by atoms with Crippen LogP contribution in [0.4, 0.5) is 5.69 Å². The van der Waals surface area contributed by atoms with Crippen molar-refractivity contribution in [2.45, 2.75) is 6.42 Å². The number of aromatic nitrogens is 2. The molecule has 3 rings (SSSR count). The third-order valence-corrected chi connectivity index (χ3v) is 3.96. The van der Waals surface area contributed by atoms with Crippen LogP contribution in [0.25, 0.3) is 16.2 Å². The number of imidazole rings is 1. The highest BCUT2D eigenvalue weighted by Crippen LogP contribution is 2.27. The first-order valence-corrected chi connectivity index (χ1v) is 6.94. The molecule has 0 saturated carbocycles. The van der Waals surface area contributed by atoms with Crippen LogP contribution in [-0.2, 0) is 16.0 Å². The number of nitrogens with zero attached hydrogens (tertiary/aromatic N) is 2. The molecule has 0 fully saturated rings. The second-order valence-corrected chi connectivity index (χ2v) is 5.18. The lowest BCUT2D eigenvalue weighted by molar-refractivity contribution is -0.139. The van der Waals surface area contributed by atoms with E-state index in [1.807, 2.05) is 40.2 Å². The lowest BCUT2D eigenvalue weighted by atomic mass is 10.1. The summed E-state index contributed by atoms with van der Waals surface area (Å²) in [6.07, 6.45) is 2.13. The van der Waals surface area contributed by atoms with E-state index in [4.69, 9.17) is 10.5 Å². The molecule has 102 valence electrons. The van der Waals surface area contributed by atoms with Gasteiger partial charge in [0.2, 0.25) is 0 Å². The van der Waals surface area contributed by atoms with Crippen LogP contribution in [0.5, 0.6) is 0 Å². The SMILES string of the molecule is COC(=O)Cc1csc2nc(-c3ccccc3N)cn12. The number of nitrogen functional groups attached to an aromatic ring is 1. The van der Waals surface area contributed by atoms with Crippen LogP contribution in [0, 0.1) is 0 Å². The number of fused-ring (bicyclic) bond motifs is 1. The van der Waals surface area contributed by atoms with Crippen molar-refractivity contribution in [1.29, 1.82) is 0 Å². The zero-order valence-corrected chi connectivity index (χ0v) is 11.7. The van der Waals surface area contributed by atoms with Crippen molar-refractivity contribution >= 4 is 28.0 Å². The van der Waals surface area contributed by atoms with E-state index in [-0.39, 0.29) is 12.4 Å². The monoisotopic (exact) mass is 287 g/mol. The van der Waals surface area contributed by atoms with Gasteiger partial charge in [0.15, 0.2) is 4.96 Å². The summed E-state index contributed by atoms with van der Waals surface area (Å²) < 4.78 is 6.60. The number of carbonyl (C=O) groups is 1. The molecular weight excluding hydrogens is 274 g/mol. The Balaban J connectivity index is 2.04. The molecule has 0 aliphatic carbocycles. The van der Waals surface area contributed by atoms with Crippen molar-refractivity contribution in [2.75, 3.05) is 12.8 Å². The molecule has 0 unspecified atom stereocenters. The number of para-hydroxylation sites is 1. The first-order chi connectivity index (χ1) is 9.69. The Morgan fingerprint density at radius 3 is 3.00 bits per heavy atom. The van der Waals surface area contributed by atoms with Crippen molar-refractivity contribution in [2.24, 2.45) is 0 Å². The summed E-state index contributed by atoms with van der Waals surface area (Å²) in [7, 11) is 1.38. The summed E-state index contributed by atoms with van der Waals surface area (Å²) in [5.74, 6) is -0.265. The van der Waals surface area contributed by atoms with Crippen LogP contribution in [0.2, 0.25) is 0 Å². The summed E-state index contributed by atoms with van der Waals surface area (Å²) in [5.41, 5.74) is 9.22. The molecule has 2 N–H and O–H groups in total. The Morgan fingerprint density at radius 1 is 1.45 bits per heavy atom. The molecule has 20 heavy (non-hydrogen) atoms. The van der Waals surface area contributed by atoms with E-state index in [1.54, 1.807) is 0 Å². The maximum atomic E-state index is 11.4. The molecular formula is C14H13N3O2S. The van der Waals surface area contributed by atoms with Gasteiger partial charge in [-0.15, -0.1) is 11.3 Å². The molecule has 0 radical (unpaired) electrons. The largest absolute Gasteiger partial charge is 0.469 e. The number of hydrogen-bond acceptors (Lipinski definition) is 5. The maximum absolute atomic E-state index is 11.4. The first-order valence-electron chi connectivity index (χ1n) is 6.06. The molecule has 0 atom stereocenters. The first kappa shape index (κ1) is 12.7. The number of carbonyl (C=O) groups excluding carboxylic acids is 1. The quantitative estimate of drug-likeness (QED) is 0.593. The van der Waals surface area contributed by atoms with Gasteiger partial charge in [0, 0.05) is 28.5 Å². The van der Waals surface area contributed by atoms with Crippen molar-refractivity contribution < 1.29 is 9.53 Å². The topological polar surface area (TPSA) is 69.6 Å². The average molecular weight is 287 g/mol. The van der Waals surface area contributed by atoms with Crippen molar-refractivity contribution in [3.8, 4) is 11.3 Å². The third-order valence-electron chi connectivity index (χ3n) is 3.07. The fourth-order valence-corrected chi connectivity index (χ4v) is 2.91. The zero-order valence-electron chi connectivity index (χ0n) is 10.9. The highest BCUT2D eigenvalue weighted by Gasteiger charge is 2.13. The summed E-state index contributed by atoms with van der Waals surface area (Å²) in [6.45, 7) is 0. The predicted molar refractivity (Wildman–Crippen MR) is 78.6 cm³/mol. The number of rotatable bonds is 3. The molecule has 0 amide bonds. The number of benzene rings is 1. The van der Waals surface area contributed by atoms with Gasteiger partial charge in [-0.05, 0) is 6.07 Å². The number of ether oxygens (including phenoxy) is 1. The summed E-state index contributed by atoms with van der Waals surface area (Å²) in [6, 6.07) is 7.59. The Kier molecular flexibility index (Phi) is 3.15.